The van der Waals surface area contributed by atoms with Crippen molar-refractivity contribution in [1.82, 2.24) is 14.9 Å². The fourth-order valence-electron chi connectivity index (χ4n) is 7.83. The van der Waals surface area contributed by atoms with E-state index in [1.807, 2.05) is 6.07 Å². The molecule has 2 aliphatic heterocycles. The van der Waals surface area contributed by atoms with Crippen LogP contribution in [0.15, 0.2) is 24.5 Å². The molecule has 3 heterocycles. The van der Waals surface area contributed by atoms with Crippen molar-refractivity contribution in [3.8, 4) is 11.5 Å². The molecule has 6 heteroatoms. The average molecular weight is 433 g/mol. The Kier molecular flexibility index (Phi) is 4.39. The van der Waals surface area contributed by atoms with Crippen LogP contribution in [0, 0.1) is 23.2 Å². The number of rotatable bonds is 5. The molecule has 0 radical (unpaired) electrons. The minimum absolute atomic E-state index is 0.321. The Morgan fingerprint density at radius 3 is 2.66 bits per heavy atom. The third kappa shape index (κ3) is 3.26. The summed E-state index contributed by atoms with van der Waals surface area (Å²) in [4.78, 5) is 11.8. The highest BCUT2D eigenvalue weighted by Gasteiger charge is 2.50. The SMILES string of the molecule is c1cc(CN2CCc3c(ncnc3NCC34CC5CC(CC(C5)C3)C4)C2)c2c(c1)OCO2. The first kappa shape index (κ1) is 19.2. The Morgan fingerprint density at radius 1 is 1.03 bits per heavy atom. The smallest absolute Gasteiger partial charge is 0.231 e. The summed E-state index contributed by atoms with van der Waals surface area (Å²) in [5.41, 5.74) is 4.20. The third-order valence-corrected chi connectivity index (χ3v) is 8.75. The van der Waals surface area contributed by atoms with Gasteiger partial charge in [-0.2, -0.15) is 0 Å². The number of nitrogens with zero attached hydrogens (tertiary/aromatic N) is 3. The number of hydrogen-bond donors (Lipinski definition) is 1. The largest absolute Gasteiger partial charge is 0.454 e. The second-order valence-electron chi connectivity index (χ2n) is 11.0. The molecule has 0 spiro atoms. The van der Waals surface area contributed by atoms with Crippen LogP contribution in [0.2, 0.25) is 0 Å². The van der Waals surface area contributed by atoms with Crippen LogP contribution in [0.4, 0.5) is 5.82 Å². The molecule has 2 aromatic rings. The summed E-state index contributed by atoms with van der Waals surface area (Å²) in [7, 11) is 0. The van der Waals surface area contributed by atoms with Gasteiger partial charge in [0.15, 0.2) is 11.5 Å². The van der Waals surface area contributed by atoms with E-state index in [2.05, 4.69) is 32.3 Å². The van der Waals surface area contributed by atoms with Gasteiger partial charge in [-0.1, -0.05) is 12.1 Å². The molecule has 0 atom stereocenters. The van der Waals surface area contributed by atoms with E-state index in [0.29, 0.717) is 12.2 Å². The van der Waals surface area contributed by atoms with Crippen molar-refractivity contribution in [2.24, 2.45) is 23.2 Å². The molecule has 32 heavy (non-hydrogen) atoms. The fraction of sp³-hybridized carbons (Fsp3) is 0.615. The van der Waals surface area contributed by atoms with E-state index < -0.39 is 0 Å². The van der Waals surface area contributed by atoms with Crippen molar-refractivity contribution >= 4 is 5.82 Å². The second kappa shape index (κ2) is 7.34. The number of anilines is 1. The van der Waals surface area contributed by atoms with Gasteiger partial charge in [0.2, 0.25) is 6.79 Å². The van der Waals surface area contributed by atoms with Crippen LogP contribution < -0.4 is 14.8 Å². The summed E-state index contributed by atoms with van der Waals surface area (Å²) < 4.78 is 11.3. The van der Waals surface area contributed by atoms with E-state index in [9.17, 15) is 0 Å². The number of nitrogens with one attached hydrogen (secondary N) is 1. The number of hydrogen-bond acceptors (Lipinski definition) is 6. The van der Waals surface area contributed by atoms with E-state index in [1.54, 1.807) is 6.33 Å². The van der Waals surface area contributed by atoms with Crippen molar-refractivity contribution < 1.29 is 9.47 Å². The molecule has 8 rings (SSSR count). The molecule has 6 aliphatic rings. The average Bonchev–Trinajstić information content (AvgIpc) is 3.27. The lowest BCUT2D eigenvalue weighted by atomic mass is 9.49. The van der Waals surface area contributed by atoms with Gasteiger partial charge in [-0.15, -0.1) is 0 Å². The Balaban J connectivity index is 1.05. The van der Waals surface area contributed by atoms with Crippen LogP contribution in [0.5, 0.6) is 11.5 Å². The highest BCUT2D eigenvalue weighted by atomic mass is 16.7. The van der Waals surface area contributed by atoms with Gasteiger partial charge < -0.3 is 14.8 Å². The maximum Gasteiger partial charge on any atom is 0.231 e. The van der Waals surface area contributed by atoms with Gasteiger partial charge in [0.05, 0.1) is 5.69 Å². The lowest BCUT2D eigenvalue weighted by Gasteiger charge is -2.57. The molecule has 0 unspecified atom stereocenters. The molecular formula is C26H32N4O2. The minimum atomic E-state index is 0.321. The number of fused-ring (bicyclic) bond motifs is 2. The van der Waals surface area contributed by atoms with Crippen molar-refractivity contribution in [3.05, 3.63) is 41.3 Å². The highest BCUT2D eigenvalue weighted by Crippen LogP contribution is 2.60. The Bertz CT molecular complexity index is 1000. The van der Waals surface area contributed by atoms with Crippen molar-refractivity contribution in [3.63, 3.8) is 0 Å². The fourth-order valence-corrected chi connectivity index (χ4v) is 7.83. The van der Waals surface area contributed by atoms with Crippen molar-refractivity contribution in [2.75, 3.05) is 25.2 Å². The van der Waals surface area contributed by atoms with E-state index in [4.69, 9.17) is 9.47 Å². The summed E-state index contributed by atoms with van der Waals surface area (Å²) in [5.74, 6) is 5.82. The predicted molar refractivity (Wildman–Crippen MR) is 122 cm³/mol. The van der Waals surface area contributed by atoms with Gasteiger partial charge in [0.1, 0.15) is 12.1 Å². The predicted octanol–water partition coefficient (Wildman–Crippen LogP) is 4.39. The van der Waals surface area contributed by atoms with Crippen LogP contribution in [-0.2, 0) is 19.5 Å². The maximum absolute atomic E-state index is 5.71. The Morgan fingerprint density at radius 2 is 1.84 bits per heavy atom. The second-order valence-corrected chi connectivity index (χ2v) is 11.0. The molecule has 6 nitrogen and oxygen atoms in total. The molecule has 4 aliphatic carbocycles. The molecule has 4 saturated carbocycles. The Hall–Kier alpha value is -2.34. The van der Waals surface area contributed by atoms with Crippen molar-refractivity contribution in [2.45, 2.75) is 58.0 Å². The van der Waals surface area contributed by atoms with Gasteiger partial charge in [0.25, 0.3) is 0 Å². The standard InChI is InChI=1S/C26H32N4O2/c1-2-20(24-23(3-1)31-16-32-24)12-30-5-4-21-22(13-30)28-15-29-25(21)27-14-26-9-17-6-18(10-26)8-19(7-17)11-26/h1-3,15,17-19H,4-14,16H2,(H,27,28,29). The van der Waals surface area contributed by atoms with Gasteiger partial charge in [0, 0.05) is 37.3 Å². The van der Waals surface area contributed by atoms with Crippen LogP contribution >= 0.6 is 0 Å². The first-order valence-electron chi connectivity index (χ1n) is 12.4. The molecule has 4 bridgehead atoms. The zero-order chi connectivity index (χ0) is 21.1. The summed E-state index contributed by atoms with van der Waals surface area (Å²) in [6.07, 6.45) is 11.5. The molecular weight excluding hydrogens is 400 g/mol. The lowest BCUT2D eigenvalue weighted by Crippen LogP contribution is -2.49. The summed E-state index contributed by atoms with van der Waals surface area (Å²) in [6, 6.07) is 6.17. The molecule has 1 aromatic heterocycles. The first-order valence-corrected chi connectivity index (χ1v) is 12.4. The number of ether oxygens (including phenoxy) is 2. The van der Waals surface area contributed by atoms with Gasteiger partial charge in [-0.05, 0) is 74.2 Å². The quantitative estimate of drug-likeness (QED) is 0.756. The summed E-state index contributed by atoms with van der Waals surface area (Å²) in [5, 5.41) is 3.82. The first-order chi connectivity index (χ1) is 15.7. The third-order valence-electron chi connectivity index (χ3n) is 8.75. The van der Waals surface area contributed by atoms with Crippen LogP contribution in [0.25, 0.3) is 0 Å². The van der Waals surface area contributed by atoms with Gasteiger partial charge in [-0.25, -0.2) is 9.97 Å². The van der Waals surface area contributed by atoms with E-state index in [-0.39, 0.29) is 0 Å². The Labute approximate surface area is 189 Å². The number of aromatic nitrogens is 2. The molecule has 1 N–H and O–H groups in total. The molecule has 4 fully saturated rings. The van der Waals surface area contributed by atoms with Gasteiger partial charge >= 0.3 is 0 Å². The molecule has 0 amide bonds. The van der Waals surface area contributed by atoms with Crippen LogP contribution in [-0.4, -0.2) is 34.8 Å². The van der Waals surface area contributed by atoms with Crippen LogP contribution in [0.1, 0.15) is 55.3 Å². The molecule has 168 valence electrons. The topological polar surface area (TPSA) is 59.5 Å². The summed E-state index contributed by atoms with van der Waals surface area (Å²) >= 11 is 0. The minimum Gasteiger partial charge on any atom is -0.454 e. The molecule has 0 saturated heterocycles. The van der Waals surface area contributed by atoms with E-state index in [1.165, 1.54) is 55.3 Å². The van der Waals surface area contributed by atoms with Crippen molar-refractivity contribution in [1.29, 1.82) is 0 Å². The highest BCUT2D eigenvalue weighted by molar-refractivity contribution is 5.49. The maximum atomic E-state index is 5.71. The van der Waals surface area contributed by atoms with E-state index in [0.717, 1.165) is 67.7 Å². The monoisotopic (exact) mass is 432 g/mol. The normalized spacial score (nSPS) is 32.2. The number of para-hydroxylation sites is 1. The zero-order valence-corrected chi connectivity index (χ0v) is 18.7. The van der Waals surface area contributed by atoms with Crippen LogP contribution in [0.3, 0.4) is 0 Å². The number of benzene rings is 1. The van der Waals surface area contributed by atoms with E-state index >= 15 is 0 Å². The van der Waals surface area contributed by atoms with Gasteiger partial charge in [-0.3, -0.25) is 4.90 Å². The molecule has 1 aromatic carbocycles. The summed E-state index contributed by atoms with van der Waals surface area (Å²) in [6.45, 7) is 4.13. The lowest BCUT2D eigenvalue weighted by molar-refractivity contribution is -0.0444. The zero-order valence-electron chi connectivity index (χ0n) is 18.7.